The fourth-order valence-electron chi connectivity index (χ4n) is 3.11. The SMILES string of the molecule is Cc1cc2c(cc1C1(CC(C)N)COC1)OCCO2. The number of rotatable bonds is 3. The van der Waals surface area contributed by atoms with E-state index in [0.29, 0.717) is 13.2 Å². The third-order valence-corrected chi connectivity index (χ3v) is 3.93. The van der Waals surface area contributed by atoms with Crippen molar-refractivity contribution in [3.8, 4) is 11.5 Å². The smallest absolute Gasteiger partial charge is 0.161 e. The molecule has 1 fully saturated rings. The van der Waals surface area contributed by atoms with E-state index in [0.717, 1.165) is 31.1 Å². The van der Waals surface area contributed by atoms with Crippen LogP contribution in [0.5, 0.6) is 11.5 Å². The van der Waals surface area contributed by atoms with E-state index >= 15 is 0 Å². The molecule has 0 spiro atoms. The van der Waals surface area contributed by atoms with Gasteiger partial charge in [-0.05, 0) is 43.5 Å². The molecule has 0 radical (unpaired) electrons. The number of ether oxygens (including phenoxy) is 3. The molecule has 1 unspecified atom stereocenters. The van der Waals surface area contributed by atoms with Gasteiger partial charge in [0.1, 0.15) is 13.2 Å². The molecule has 3 rings (SSSR count). The van der Waals surface area contributed by atoms with Crippen LogP contribution < -0.4 is 15.2 Å². The quantitative estimate of drug-likeness (QED) is 0.903. The highest BCUT2D eigenvalue weighted by molar-refractivity contribution is 5.51. The molecule has 0 saturated carbocycles. The van der Waals surface area contributed by atoms with E-state index in [1.165, 1.54) is 11.1 Å². The maximum absolute atomic E-state index is 6.00. The first-order valence-corrected chi connectivity index (χ1v) is 6.85. The predicted octanol–water partition coefficient (Wildman–Crippen LogP) is 1.77. The molecule has 2 aliphatic rings. The standard InChI is InChI=1S/C15H21NO3/c1-10-5-13-14(19-4-3-18-13)6-12(10)15(7-11(2)16)8-17-9-15/h5-6,11H,3-4,7-9,16H2,1-2H3. The molecule has 4 heteroatoms. The molecular weight excluding hydrogens is 242 g/mol. The number of nitrogens with two attached hydrogens (primary N) is 1. The van der Waals surface area contributed by atoms with Crippen molar-refractivity contribution in [2.45, 2.75) is 31.7 Å². The minimum Gasteiger partial charge on any atom is -0.486 e. The second-order valence-electron chi connectivity index (χ2n) is 5.77. The van der Waals surface area contributed by atoms with Gasteiger partial charge < -0.3 is 19.9 Å². The van der Waals surface area contributed by atoms with Gasteiger partial charge in [-0.2, -0.15) is 0 Å². The van der Waals surface area contributed by atoms with E-state index in [9.17, 15) is 0 Å². The average molecular weight is 263 g/mol. The first-order valence-electron chi connectivity index (χ1n) is 6.85. The van der Waals surface area contributed by atoms with Crippen LogP contribution >= 0.6 is 0 Å². The third kappa shape index (κ3) is 2.19. The molecule has 2 aliphatic heterocycles. The van der Waals surface area contributed by atoms with Crippen LogP contribution in [0.15, 0.2) is 12.1 Å². The summed E-state index contributed by atoms with van der Waals surface area (Å²) in [5.41, 5.74) is 8.57. The van der Waals surface area contributed by atoms with Crippen LogP contribution in [0.25, 0.3) is 0 Å². The highest BCUT2D eigenvalue weighted by Gasteiger charge is 2.42. The van der Waals surface area contributed by atoms with Crippen LogP contribution in [-0.4, -0.2) is 32.5 Å². The summed E-state index contributed by atoms with van der Waals surface area (Å²) in [7, 11) is 0. The van der Waals surface area contributed by atoms with Crippen molar-refractivity contribution in [1.29, 1.82) is 0 Å². The lowest BCUT2D eigenvalue weighted by atomic mass is 9.72. The summed E-state index contributed by atoms with van der Waals surface area (Å²) >= 11 is 0. The number of hydrogen-bond acceptors (Lipinski definition) is 4. The minimum atomic E-state index is 0.0497. The first kappa shape index (κ1) is 12.8. The van der Waals surface area contributed by atoms with Crippen LogP contribution in [0.2, 0.25) is 0 Å². The van der Waals surface area contributed by atoms with Crippen molar-refractivity contribution in [1.82, 2.24) is 0 Å². The fourth-order valence-corrected chi connectivity index (χ4v) is 3.11. The Kier molecular flexibility index (Phi) is 3.15. The Hall–Kier alpha value is -1.26. The second kappa shape index (κ2) is 4.69. The predicted molar refractivity (Wildman–Crippen MR) is 72.9 cm³/mol. The lowest BCUT2D eigenvalue weighted by Crippen LogP contribution is -2.50. The van der Waals surface area contributed by atoms with E-state index in [-0.39, 0.29) is 11.5 Å². The van der Waals surface area contributed by atoms with Crippen molar-refractivity contribution in [2.24, 2.45) is 5.73 Å². The molecule has 0 bridgehead atoms. The average Bonchev–Trinajstić information content (AvgIpc) is 2.33. The van der Waals surface area contributed by atoms with Gasteiger partial charge in [-0.25, -0.2) is 0 Å². The highest BCUT2D eigenvalue weighted by Crippen LogP contribution is 2.43. The maximum Gasteiger partial charge on any atom is 0.161 e. The Labute approximate surface area is 113 Å². The topological polar surface area (TPSA) is 53.7 Å². The van der Waals surface area contributed by atoms with Gasteiger partial charge in [-0.1, -0.05) is 0 Å². The van der Waals surface area contributed by atoms with E-state index < -0.39 is 0 Å². The zero-order chi connectivity index (χ0) is 13.5. The zero-order valence-electron chi connectivity index (χ0n) is 11.6. The maximum atomic E-state index is 6.00. The minimum absolute atomic E-state index is 0.0497. The second-order valence-corrected chi connectivity index (χ2v) is 5.77. The molecule has 4 nitrogen and oxygen atoms in total. The summed E-state index contributed by atoms with van der Waals surface area (Å²) in [6.07, 6.45) is 0.938. The lowest BCUT2D eigenvalue weighted by molar-refractivity contribution is -0.0669. The largest absolute Gasteiger partial charge is 0.486 e. The van der Waals surface area contributed by atoms with Crippen molar-refractivity contribution in [3.05, 3.63) is 23.3 Å². The summed E-state index contributed by atoms with van der Waals surface area (Å²) in [5.74, 6) is 1.70. The molecule has 2 N–H and O–H groups in total. The molecule has 104 valence electrons. The van der Waals surface area contributed by atoms with Crippen LogP contribution in [0.3, 0.4) is 0 Å². The first-order chi connectivity index (χ1) is 9.11. The fraction of sp³-hybridized carbons (Fsp3) is 0.600. The van der Waals surface area contributed by atoms with Gasteiger partial charge in [0.2, 0.25) is 0 Å². The Bertz CT molecular complexity index is 481. The van der Waals surface area contributed by atoms with Crippen LogP contribution in [0, 0.1) is 6.92 Å². The van der Waals surface area contributed by atoms with Gasteiger partial charge in [0, 0.05) is 11.5 Å². The van der Waals surface area contributed by atoms with Crippen molar-refractivity contribution < 1.29 is 14.2 Å². The van der Waals surface area contributed by atoms with E-state index in [2.05, 4.69) is 19.1 Å². The molecule has 0 aromatic heterocycles. The highest BCUT2D eigenvalue weighted by atomic mass is 16.6. The lowest BCUT2D eigenvalue weighted by Gasteiger charge is -2.44. The molecule has 19 heavy (non-hydrogen) atoms. The van der Waals surface area contributed by atoms with Crippen molar-refractivity contribution >= 4 is 0 Å². The molecule has 1 atom stereocenters. The number of fused-ring (bicyclic) bond motifs is 1. The van der Waals surface area contributed by atoms with Gasteiger partial charge >= 0.3 is 0 Å². The van der Waals surface area contributed by atoms with Gasteiger partial charge in [-0.3, -0.25) is 0 Å². The molecule has 2 heterocycles. The van der Waals surface area contributed by atoms with Crippen LogP contribution in [0.4, 0.5) is 0 Å². The van der Waals surface area contributed by atoms with Crippen LogP contribution in [0.1, 0.15) is 24.5 Å². The summed E-state index contributed by atoms with van der Waals surface area (Å²) in [4.78, 5) is 0. The molecule has 1 aromatic rings. The zero-order valence-corrected chi connectivity index (χ0v) is 11.6. The van der Waals surface area contributed by atoms with E-state index in [1.54, 1.807) is 0 Å². The van der Waals surface area contributed by atoms with Gasteiger partial charge in [0.15, 0.2) is 11.5 Å². The Morgan fingerprint density at radius 2 is 1.84 bits per heavy atom. The normalized spacial score (nSPS) is 21.6. The van der Waals surface area contributed by atoms with Crippen molar-refractivity contribution in [2.75, 3.05) is 26.4 Å². The van der Waals surface area contributed by atoms with Crippen LogP contribution in [-0.2, 0) is 10.2 Å². The Morgan fingerprint density at radius 3 is 2.37 bits per heavy atom. The number of aryl methyl sites for hydroxylation is 1. The van der Waals surface area contributed by atoms with E-state index in [4.69, 9.17) is 19.9 Å². The molecular formula is C15H21NO3. The Morgan fingerprint density at radius 1 is 1.21 bits per heavy atom. The van der Waals surface area contributed by atoms with Gasteiger partial charge in [0.05, 0.1) is 13.2 Å². The van der Waals surface area contributed by atoms with Gasteiger partial charge in [-0.15, -0.1) is 0 Å². The monoisotopic (exact) mass is 263 g/mol. The summed E-state index contributed by atoms with van der Waals surface area (Å²) < 4.78 is 16.8. The molecule has 0 aliphatic carbocycles. The molecule has 1 saturated heterocycles. The Balaban J connectivity index is 1.99. The molecule has 1 aromatic carbocycles. The van der Waals surface area contributed by atoms with Gasteiger partial charge in [0.25, 0.3) is 0 Å². The number of hydrogen-bond donors (Lipinski definition) is 1. The summed E-state index contributed by atoms with van der Waals surface area (Å²) in [6.45, 7) is 6.90. The summed E-state index contributed by atoms with van der Waals surface area (Å²) in [5, 5.41) is 0. The van der Waals surface area contributed by atoms with Crippen molar-refractivity contribution in [3.63, 3.8) is 0 Å². The summed E-state index contributed by atoms with van der Waals surface area (Å²) in [6, 6.07) is 4.36. The van der Waals surface area contributed by atoms with E-state index in [1.807, 2.05) is 6.92 Å². The number of benzene rings is 1. The molecule has 0 amide bonds. The third-order valence-electron chi connectivity index (χ3n) is 3.93.